The molecule has 2 aromatic heterocycles. The van der Waals surface area contributed by atoms with E-state index in [2.05, 4.69) is 27.5 Å². The lowest BCUT2D eigenvalue weighted by atomic mass is 9.96. The number of hydrogen-bond acceptors (Lipinski definition) is 5. The molecule has 1 saturated heterocycles. The number of nitrogens with one attached hydrogen (secondary N) is 1. The number of aromatic nitrogens is 4. The number of amides is 1. The predicted molar refractivity (Wildman–Crippen MR) is 88.6 cm³/mol. The molecule has 26 heavy (non-hydrogen) atoms. The molecule has 0 aliphatic carbocycles. The van der Waals surface area contributed by atoms with E-state index in [1.807, 2.05) is 4.90 Å². The van der Waals surface area contributed by atoms with Gasteiger partial charge in [0.1, 0.15) is 5.82 Å². The molecule has 0 radical (unpaired) electrons. The van der Waals surface area contributed by atoms with E-state index in [0.717, 1.165) is 17.4 Å². The van der Waals surface area contributed by atoms with Gasteiger partial charge in [0.15, 0.2) is 5.65 Å². The molecule has 0 unspecified atom stereocenters. The van der Waals surface area contributed by atoms with Crippen LogP contribution in [-0.2, 0) is 11.0 Å². The minimum atomic E-state index is -4.62. The summed E-state index contributed by atoms with van der Waals surface area (Å²) in [5.74, 6) is -0.723. The van der Waals surface area contributed by atoms with Gasteiger partial charge in [-0.1, -0.05) is 13.3 Å². The van der Waals surface area contributed by atoms with E-state index < -0.39 is 12.0 Å². The maximum absolute atomic E-state index is 13.0. The summed E-state index contributed by atoms with van der Waals surface area (Å²) >= 11 is 0. The number of halogens is 3. The van der Waals surface area contributed by atoms with Crippen molar-refractivity contribution < 1.29 is 18.0 Å². The molecule has 2 aromatic rings. The Hall–Kier alpha value is -2.39. The maximum atomic E-state index is 13.0. The number of anilines is 1. The van der Waals surface area contributed by atoms with Gasteiger partial charge in [-0.2, -0.15) is 17.7 Å². The Kier molecular flexibility index (Phi) is 5.28. The van der Waals surface area contributed by atoms with Gasteiger partial charge in [0.25, 0.3) is 5.82 Å². The summed E-state index contributed by atoms with van der Waals surface area (Å²) in [6, 6.07) is 3.10. The van der Waals surface area contributed by atoms with E-state index in [4.69, 9.17) is 0 Å². The van der Waals surface area contributed by atoms with Crippen LogP contribution in [0, 0.1) is 5.92 Å². The second-order valence-corrected chi connectivity index (χ2v) is 6.39. The topological polar surface area (TPSA) is 75.4 Å². The molecule has 1 fully saturated rings. The zero-order valence-corrected chi connectivity index (χ0v) is 14.5. The number of piperidine rings is 1. The molecule has 0 aromatic carbocycles. The summed E-state index contributed by atoms with van der Waals surface area (Å²) in [6.07, 6.45) is -1.35. The average Bonchev–Trinajstić information content (AvgIpc) is 3.05. The fourth-order valence-corrected chi connectivity index (χ4v) is 3.03. The quantitative estimate of drug-likeness (QED) is 0.818. The molecule has 3 rings (SSSR count). The van der Waals surface area contributed by atoms with Crippen molar-refractivity contribution in [2.75, 3.05) is 24.5 Å². The third-order valence-electron chi connectivity index (χ3n) is 4.52. The summed E-state index contributed by atoms with van der Waals surface area (Å²) < 4.78 is 39.6. The Morgan fingerprint density at radius 2 is 2.00 bits per heavy atom. The monoisotopic (exact) mass is 370 g/mol. The van der Waals surface area contributed by atoms with Crippen molar-refractivity contribution in [1.82, 2.24) is 25.1 Å². The highest BCUT2D eigenvalue weighted by Crippen LogP contribution is 2.28. The molecule has 3 heterocycles. The lowest BCUT2D eigenvalue weighted by molar-refractivity contribution is -0.146. The van der Waals surface area contributed by atoms with Gasteiger partial charge in [-0.3, -0.25) is 4.79 Å². The molecule has 0 saturated carbocycles. The summed E-state index contributed by atoms with van der Waals surface area (Å²) in [5, 5.41) is 13.7. The van der Waals surface area contributed by atoms with Crippen LogP contribution in [-0.4, -0.2) is 45.4 Å². The van der Waals surface area contributed by atoms with Crippen LogP contribution >= 0.6 is 0 Å². The molecule has 1 N–H and O–H groups in total. The van der Waals surface area contributed by atoms with Crippen LogP contribution in [0.4, 0.5) is 19.0 Å². The molecule has 10 heteroatoms. The smallest absolute Gasteiger partial charge is 0.356 e. The van der Waals surface area contributed by atoms with E-state index in [1.165, 1.54) is 6.07 Å². The first-order chi connectivity index (χ1) is 12.4. The first kappa shape index (κ1) is 18.4. The van der Waals surface area contributed by atoms with Gasteiger partial charge in [-0.25, -0.2) is 0 Å². The van der Waals surface area contributed by atoms with Crippen molar-refractivity contribution in [2.45, 2.75) is 38.8 Å². The highest BCUT2D eigenvalue weighted by molar-refractivity contribution is 5.78. The number of nitrogens with zero attached hydrogens (tertiary/aromatic N) is 5. The van der Waals surface area contributed by atoms with E-state index in [1.54, 1.807) is 6.07 Å². The largest absolute Gasteiger partial charge is 0.453 e. The van der Waals surface area contributed by atoms with E-state index in [9.17, 15) is 18.0 Å². The standard InChI is InChI=1S/C16H21F3N6O/c1-2-3-8-20-14(26)11-6-9-24(10-7-11)13-5-4-12-21-22-15(16(17,18)19)25(12)23-13/h4-5,11H,2-3,6-10H2,1H3,(H,20,26). The number of fused-ring (bicyclic) bond motifs is 1. The summed E-state index contributed by atoms with van der Waals surface area (Å²) in [4.78, 5) is 14.0. The normalized spacial score (nSPS) is 16.2. The summed E-state index contributed by atoms with van der Waals surface area (Å²) in [6.45, 7) is 3.87. The predicted octanol–water partition coefficient (Wildman–Crippen LogP) is 2.28. The fourth-order valence-electron chi connectivity index (χ4n) is 3.03. The van der Waals surface area contributed by atoms with E-state index in [-0.39, 0.29) is 17.5 Å². The van der Waals surface area contributed by atoms with Gasteiger partial charge in [-0.05, 0) is 31.4 Å². The average molecular weight is 370 g/mol. The van der Waals surface area contributed by atoms with E-state index >= 15 is 0 Å². The second kappa shape index (κ2) is 7.46. The molecule has 0 atom stereocenters. The Bertz CT molecular complexity index is 767. The lowest BCUT2D eigenvalue weighted by Crippen LogP contribution is -2.41. The number of hydrogen-bond donors (Lipinski definition) is 1. The maximum Gasteiger partial charge on any atom is 0.453 e. The van der Waals surface area contributed by atoms with Gasteiger partial charge in [0.05, 0.1) is 0 Å². The van der Waals surface area contributed by atoms with Crippen molar-refractivity contribution in [2.24, 2.45) is 5.92 Å². The lowest BCUT2D eigenvalue weighted by Gasteiger charge is -2.32. The van der Waals surface area contributed by atoms with E-state index in [0.29, 0.717) is 38.3 Å². The van der Waals surface area contributed by atoms with Crippen molar-refractivity contribution >= 4 is 17.4 Å². The molecule has 1 aliphatic rings. The number of carbonyl (C=O) groups is 1. The second-order valence-electron chi connectivity index (χ2n) is 6.39. The summed E-state index contributed by atoms with van der Waals surface area (Å²) in [5.41, 5.74) is 0.0475. The minimum Gasteiger partial charge on any atom is -0.356 e. The van der Waals surface area contributed by atoms with Crippen LogP contribution in [0.3, 0.4) is 0 Å². The highest BCUT2D eigenvalue weighted by atomic mass is 19.4. The highest BCUT2D eigenvalue weighted by Gasteiger charge is 2.38. The zero-order chi connectivity index (χ0) is 18.7. The Labute approximate surface area is 148 Å². The molecule has 0 spiro atoms. The van der Waals surface area contributed by atoms with Crippen molar-refractivity contribution in [1.29, 1.82) is 0 Å². The number of rotatable bonds is 5. The molecular formula is C16H21F3N6O. The van der Waals surface area contributed by atoms with Crippen LogP contribution in [0.25, 0.3) is 5.65 Å². The molecule has 142 valence electrons. The van der Waals surface area contributed by atoms with Gasteiger partial charge in [0.2, 0.25) is 5.91 Å². The fraction of sp³-hybridized carbons (Fsp3) is 0.625. The Morgan fingerprint density at radius 1 is 1.27 bits per heavy atom. The minimum absolute atomic E-state index is 0.0475. The zero-order valence-electron chi connectivity index (χ0n) is 14.5. The van der Waals surface area contributed by atoms with Gasteiger partial charge in [0, 0.05) is 25.6 Å². The third-order valence-corrected chi connectivity index (χ3v) is 4.52. The van der Waals surface area contributed by atoms with Crippen LogP contribution in [0.1, 0.15) is 38.4 Å². The molecular weight excluding hydrogens is 349 g/mol. The SMILES string of the molecule is CCCCNC(=O)C1CCN(c2ccc3nnc(C(F)(F)F)n3n2)CC1. The first-order valence-electron chi connectivity index (χ1n) is 8.72. The van der Waals surface area contributed by atoms with Crippen LogP contribution < -0.4 is 10.2 Å². The first-order valence-corrected chi connectivity index (χ1v) is 8.72. The van der Waals surface area contributed by atoms with Crippen molar-refractivity contribution in [3.8, 4) is 0 Å². The van der Waals surface area contributed by atoms with Crippen LogP contribution in [0.15, 0.2) is 12.1 Å². The molecule has 0 bridgehead atoms. The molecule has 7 nitrogen and oxygen atoms in total. The van der Waals surface area contributed by atoms with Gasteiger partial charge >= 0.3 is 6.18 Å². The van der Waals surface area contributed by atoms with Gasteiger partial charge in [-0.15, -0.1) is 15.3 Å². The summed E-state index contributed by atoms with van der Waals surface area (Å²) in [7, 11) is 0. The molecule has 1 amide bonds. The number of unbranched alkanes of at least 4 members (excludes halogenated alkanes) is 1. The third kappa shape index (κ3) is 3.88. The Morgan fingerprint density at radius 3 is 2.65 bits per heavy atom. The molecule has 1 aliphatic heterocycles. The number of carbonyl (C=O) groups excluding carboxylic acids is 1. The van der Waals surface area contributed by atoms with Crippen molar-refractivity contribution in [3.05, 3.63) is 18.0 Å². The Balaban J connectivity index is 1.67. The van der Waals surface area contributed by atoms with Crippen LogP contribution in [0.2, 0.25) is 0 Å². The van der Waals surface area contributed by atoms with Crippen LogP contribution in [0.5, 0.6) is 0 Å². The van der Waals surface area contributed by atoms with Crippen molar-refractivity contribution in [3.63, 3.8) is 0 Å². The number of alkyl halides is 3. The van der Waals surface area contributed by atoms with Gasteiger partial charge < -0.3 is 10.2 Å².